The Hall–Kier alpha value is -3.45. The SMILES string of the molecule is CC(C)C1(O)CNCC(C(=O)NC(C#N)Cc2ccc(-c3ccc4oc(=O)n(C)c4c3)cc2)OC1. The number of hydrogen-bond acceptors (Lipinski definition) is 7. The fourth-order valence-electron chi connectivity index (χ4n) is 4.08. The summed E-state index contributed by atoms with van der Waals surface area (Å²) in [5, 5.41) is 26.1. The summed E-state index contributed by atoms with van der Waals surface area (Å²) in [5.41, 5.74) is 2.99. The number of nitriles is 1. The van der Waals surface area contributed by atoms with Gasteiger partial charge in [-0.25, -0.2) is 4.79 Å². The molecule has 3 atom stereocenters. The maximum atomic E-state index is 12.7. The number of ether oxygens (including phenoxy) is 1. The van der Waals surface area contributed by atoms with Crippen molar-refractivity contribution in [2.24, 2.45) is 13.0 Å². The van der Waals surface area contributed by atoms with Crippen molar-refractivity contribution in [1.29, 1.82) is 5.26 Å². The number of fused-ring (bicyclic) bond motifs is 1. The number of benzene rings is 2. The van der Waals surface area contributed by atoms with Crippen LogP contribution in [0.3, 0.4) is 0 Å². The number of carbonyl (C=O) groups is 1. The topological polar surface area (TPSA) is 130 Å². The molecule has 3 N–H and O–H groups in total. The van der Waals surface area contributed by atoms with Crippen LogP contribution in [-0.2, 0) is 23.0 Å². The molecule has 9 heteroatoms. The van der Waals surface area contributed by atoms with Gasteiger partial charge in [0.25, 0.3) is 5.91 Å². The molecule has 9 nitrogen and oxygen atoms in total. The second kappa shape index (κ2) is 10.0. The minimum absolute atomic E-state index is 0.0276. The Kier molecular flexibility index (Phi) is 7.08. The maximum Gasteiger partial charge on any atom is 0.419 e. The molecule has 0 aliphatic carbocycles. The number of rotatable bonds is 6. The van der Waals surface area contributed by atoms with Crippen LogP contribution in [0.2, 0.25) is 0 Å². The van der Waals surface area contributed by atoms with E-state index in [1.54, 1.807) is 13.1 Å². The van der Waals surface area contributed by atoms with Crippen molar-refractivity contribution in [2.75, 3.05) is 19.7 Å². The van der Waals surface area contributed by atoms with Gasteiger partial charge in [-0.15, -0.1) is 0 Å². The average molecular weight is 479 g/mol. The van der Waals surface area contributed by atoms with E-state index in [2.05, 4.69) is 16.7 Å². The summed E-state index contributed by atoms with van der Waals surface area (Å²) in [6, 6.07) is 14.7. The molecule has 35 heavy (non-hydrogen) atoms. The van der Waals surface area contributed by atoms with Crippen LogP contribution >= 0.6 is 0 Å². The fraction of sp³-hybridized carbons (Fsp3) is 0.423. The third-order valence-electron chi connectivity index (χ3n) is 6.65. The van der Waals surface area contributed by atoms with Crippen molar-refractivity contribution in [1.82, 2.24) is 15.2 Å². The molecule has 0 saturated carbocycles. The molecule has 1 aliphatic rings. The Morgan fingerprint density at radius 3 is 2.69 bits per heavy atom. The van der Waals surface area contributed by atoms with E-state index in [0.29, 0.717) is 24.1 Å². The first-order valence-electron chi connectivity index (χ1n) is 11.6. The number of carbonyl (C=O) groups excluding carboxylic acids is 1. The van der Waals surface area contributed by atoms with Crippen LogP contribution in [0, 0.1) is 17.2 Å². The number of aliphatic hydroxyl groups is 1. The van der Waals surface area contributed by atoms with Gasteiger partial charge in [-0.3, -0.25) is 9.36 Å². The van der Waals surface area contributed by atoms with Crippen LogP contribution in [0.25, 0.3) is 22.2 Å². The first kappa shape index (κ1) is 24.7. The Bertz CT molecular complexity index is 1300. The van der Waals surface area contributed by atoms with E-state index in [0.717, 1.165) is 16.7 Å². The Labute approximate surface area is 203 Å². The summed E-state index contributed by atoms with van der Waals surface area (Å²) in [6.45, 7) is 4.46. The molecule has 1 aliphatic heterocycles. The van der Waals surface area contributed by atoms with Crippen LogP contribution < -0.4 is 16.4 Å². The predicted octanol–water partition coefficient (Wildman–Crippen LogP) is 1.72. The Morgan fingerprint density at radius 2 is 2.00 bits per heavy atom. The van der Waals surface area contributed by atoms with E-state index in [-0.39, 0.29) is 25.0 Å². The second-order valence-corrected chi connectivity index (χ2v) is 9.39. The highest BCUT2D eigenvalue weighted by Crippen LogP contribution is 2.25. The van der Waals surface area contributed by atoms with Crippen molar-refractivity contribution >= 4 is 17.0 Å². The van der Waals surface area contributed by atoms with Crippen LogP contribution in [-0.4, -0.2) is 53.0 Å². The highest BCUT2D eigenvalue weighted by atomic mass is 16.5. The van der Waals surface area contributed by atoms with Crippen molar-refractivity contribution < 1.29 is 19.1 Å². The molecule has 2 heterocycles. The average Bonchev–Trinajstić information content (AvgIpc) is 2.99. The van der Waals surface area contributed by atoms with Crippen LogP contribution in [0.5, 0.6) is 0 Å². The largest absolute Gasteiger partial charge is 0.419 e. The molecule has 1 amide bonds. The van der Waals surface area contributed by atoms with Crippen LogP contribution in [0.15, 0.2) is 51.7 Å². The quantitative estimate of drug-likeness (QED) is 0.492. The van der Waals surface area contributed by atoms with Gasteiger partial charge in [0.2, 0.25) is 0 Å². The molecule has 0 bridgehead atoms. The van der Waals surface area contributed by atoms with Gasteiger partial charge in [0.05, 0.1) is 18.2 Å². The van der Waals surface area contributed by atoms with Gasteiger partial charge >= 0.3 is 5.76 Å². The lowest BCUT2D eigenvalue weighted by Crippen LogP contribution is -2.46. The molecule has 4 rings (SSSR count). The van der Waals surface area contributed by atoms with E-state index in [9.17, 15) is 20.0 Å². The number of aryl methyl sites for hydroxylation is 1. The summed E-state index contributed by atoms with van der Waals surface area (Å²) in [4.78, 5) is 24.5. The molecular formula is C26H30N4O5. The normalized spacial score (nSPS) is 21.4. The summed E-state index contributed by atoms with van der Waals surface area (Å²) in [7, 11) is 1.66. The monoisotopic (exact) mass is 478 g/mol. The summed E-state index contributed by atoms with van der Waals surface area (Å²) in [5.74, 6) is -0.814. The van der Waals surface area contributed by atoms with Gasteiger partial charge in [-0.1, -0.05) is 44.2 Å². The lowest BCUT2D eigenvalue weighted by atomic mass is 9.91. The Balaban J connectivity index is 1.39. The van der Waals surface area contributed by atoms with Gasteiger partial charge < -0.3 is 24.9 Å². The predicted molar refractivity (Wildman–Crippen MR) is 131 cm³/mol. The van der Waals surface area contributed by atoms with Gasteiger partial charge in [0, 0.05) is 26.6 Å². The standard InChI is InChI=1S/C26H30N4O5/c1-16(2)26(33)14-28-13-23(34-15-26)24(31)29-20(12-27)10-17-4-6-18(7-5-17)19-8-9-22-21(11-19)30(3)25(32)35-22/h4-9,11,16,20,23,28,33H,10,13-15H2,1-3H3,(H,29,31). The summed E-state index contributed by atoms with van der Waals surface area (Å²) < 4.78 is 12.3. The number of amides is 1. The first-order chi connectivity index (χ1) is 16.7. The molecule has 3 unspecified atom stereocenters. The zero-order chi connectivity index (χ0) is 25.2. The summed E-state index contributed by atoms with van der Waals surface area (Å²) >= 11 is 0. The lowest BCUT2D eigenvalue weighted by Gasteiger charge is -2.30. The molecule has 3 aromatic rings. The number of nitrogens with one attached hydrogen (secondary N) is 2. The van der Waals surface area contributed by atoms with E-state index in [1.807, 2.05) is 50.2 Å². The van der Waals surface area contributed by atoms with Crippen LogP contribution in [0.4, 0.5) is 0 Å². The van der Waals surface area contributed by atoms with Crippen molar-refractivity contribution in [3.8, 4) is 17.2 Å². The molecule has 184 valence electrons. The van der Waals surface area contributed by atoms with E-state index in [4.69, 9.17) is 9.15 Å². The highest BCUT2D eigenvalue weighted by molar-refractivity contribution is 5.82. The zero-order valence-corrected chi connectivity index (χ0v) is 20.1. The summed E-state index contributed by atoms with van der Waals surface area (Å²) in [6.07, 6.45) is -0.441. The smallest absolute Gasteiger partial charge is 0.408 e. The van der Waals surface area contributed by atoms with Gasteiger partial charge in [-0.05, 0) is 34.7 Å². The van der Waals surface area contributed by atoms with E-state index in [1.165, 1.54) is 4.57 Å². The molecule has 0 radical (unpaired) electrons. The van der Waals surface area contributed by atoms with Crippen molar-refractivity contribution in [3.05, 3.63) is 58.6 Å². The molecule has 2 aromatic carbocycles. The number of β-amino-alcohol motifs (C(OH)–C–C–N with tert-alkyl or cyclic N) is 1. The van der Waals surface area contributed by atoms with Crippen molar-refractivity contribution in [2.45, 2.75) is 38.0 Å². The number of aromatic nitrogens is 1. The maximum absolute atomic E-state index is 12.7. The van der Waals surface area contributed by atoms with Gasteiger partial charge in [0.1, 0.15) is 17.7 Å². The minimum atomic E-state index is -1.04. The number of nitrogens with zero attached hydrogens (tertiary/aromatic N) is 2. The third-order valence-corrected chi connectivity index (χ3v) is 6.65. The molecule has 1 aromatic heterocycles. The van der Waals surface area contributed by atoms with Gasteiger partial charge in [-0.2, -0.15) is 5.26 Å². The lowest BCUT2D eigenvalue weighted by molar-refractivity contribution is -0.137. The number of hydrogen-bond donors (Lipinski definition) is 3. The minimum Gasteiger partial charge on any atom is -0.408 e. The molecule has 1 saturated heterocycles. The van der Waals surface area contributed by atoms with E-state index < -0.39 is 23.5 Å². The highest BCUT2D eigenvalue weighted by Gasteiger charge is 2.36. The van der Waals surface area contributed by atoms with Gasteiger partial charge in [0.15, 0.2) is 5.58 Å². The molecular weight excluding hydrogens is 448 g/mol. The second-order valence-electron chi connectivity index (χ2n) is 9.39. The molecule has 1 fully saturated rings. The Morgan fingerprint density at radius 1 is 1.29 bits per heavy atom. The zero-order valence-electron chi connectivity index (χ0n) is 20.1. The fourth-order valence-corrected chi connectivity index (χ4v) is 4.08. The number of oxazole rings is 1. The molecule has 0 spiro atoms. The van der Waals surface area contributed by atoms with Crippen molar-refractivity contribution in [3.63, 3.8) is 0 Å². The first-order valence-corrected chi connectivity index (χ1v) is 11.6. The third kappa shape index (κ3) is 5.30. The van der Waals surface area contributed by atoms with Crippen LogP contribution in [0.1, 0.15) is 19.4 Å². The van der Waals surface area contributed by atoms with E-state index >= 15 is 0 Å².